The Kier molecular flexibility index (Phi) is 26.0. The van der Waals surface area contributed by atoms with E-state index < -0.39 is 58.1 Å². The minimum Gasteiger partial charge on any atom is -0.390 e. The standard InChI is InChI=1S/2C10H20BO2P.C10H20FO2P.C10H20IO2P.CH4/c2*1-7-9(12)8(13-10(7)11)5-6-14(2,3)4;2*1-7-9(11)10(12)8(13-7)5-6-14(2,3)4;/h4*7-10,12H,2,5-6H2,1,3-4H3;1H4/t2*7-,8?,9+,10-;2*7-,8?,9-,10+;/m1100./s1. The number of hydrogen-bond acceptors (Lipinski definition) is 8. The Bertz CT molecular complexity index is 1160. The normalized spacial score (nSPS) is 38.2. The molecule has 0 aliphatic carbocycles. The summed E-state index contributed by atoms with van der Waals surface area (Å²) >= 11 is 2.28. The van der Waals surface area contributed by atoms with E-state index in [9.17, 15) is 24.8 Å². The van der Waals surface area contributed by atoms with Crippen molar-refractivity contribution in [2.24, 2.45) is 11.8 Å². The smallest absolute Gasteiger partial charge is 0.154 e. The monoisotopic (exact) mass is 996 g/mol. The van der Waals surface area contributed by atoms with Gasteiger partial charge in [0.1, 0.15) is 21.8 Å². The van der Waals surface area contributed by atoms with Gasteiger partial charge < -0.3 is 39.4 Å². The second kappa shape index (κ2) is 25.2. The molecule has 0 bridgehead atoms. The first-order valence-electron chi connectivity index (χ1n) is 20.1. The van der Waals surface area contributed by atoms with Crippen LogP contribution < -0.4 is 0 Å². The molecule has 4 fully saturated rings. The molecule has 4 aliphatic rings. The van der Waals surface area contributed by atoms with Gasteiger partial charge in [-0.1, -0.05) is 43.9 Å². The van der Waals surface area contributed by atoms with E-state index in [0.717, 1.165) is 50.3 Å². The number of ether oxygens (including phenoxy) is 4. The largest absolute Gasteiger partial charge is 0.390 e. The van der Waals surface area contributed by atoms with Crippen molar-refractivity contribution in [1.82, 2.24) is 0 Å². The SMILES string of the molecule is C.C=P(C)(C)CCC1O[C@@H](C)[C@H](F)[C@@H]1O.C=P(C)(C)CCC1O[C@@H](C)[C@H](I)[C@@H]1O.[B][C@@H]1OC(CCP(=C)(C)C)[C@@H](O)[C@H]1C.[B][C@@H]1OC(CCP(=C)(C)C)[C@@H](O)[C@H]1C. The van der Waals surface area contributed by atoms with E-state index in [-0.39, 0.29) is 71.8 Å². The van der Waals surface area contributed by atoms with Gasteiger partial charge >= 0.3 is 0 Å². The van der Waals surface area contributed by atoms with Gasteiger partial charge in [-0.25, -0.2) is 4.39 Å². The molecule has 0 aromatic rings. The van der Waals surface area contributed by atoms with Gasteiger partial charge in [-0.05, 0) is 117 Å². The molecule has 0 spiro atoms. The Balaban J connectivity index is 0.000000729. The number of hydrogen-bond donors (Lipinski definition) is 4. The molecule has 4 N–H and O–H groups in total. The topological polar surface area (TPSA) is 118 Å². The third-order valence-corrected chi connectivity index (χ3v) is 18.3. The van der Waals surface area contributed by atoms with Crippen molar-refractivity contribution in [2.75, 3.05) is 78.0 Å². The van der Waals surface area contributed by atoms with E-state index >= 15 is 0 Å². The summed E-state index contributed by atoms with van der Waals surface area (Å²) in [5.74, 6) is 0.0949. The zero-order valence-electron chi connectivity index (χ0n) is 36.8. The van der Waals surface area contributed by atoms with E-state index in [4.69, 9.17) is 34.6 Å². The van der Waals surface area contributed by atoms with Crippen LogP contribution in [0.25, 0.3) is 0 Å². The van der Waals surface area contributed by atoms with Crippen LogP contribution in [0, 0.1) is 11.8 Å². The Morgan fingerprint density at radius 3 is 0.965 bits per heavy atom. The average molecular weight is 997 g/mol. The van der Waals surface area contributed by atoms with Crippen molar-refractivity contribution in [3.05, 3.63) is 0 Å². The minimum atomic E-state index is -1.23. The first-order chi connectivity index (χ1) is 25.2. The molecule has 16 heteroatoms. The van der Waals surface area contributed by atoms with Crippen LogP contribution in [-0.4, -0.2) is 222 Å². The molecule has 4 radical (unpaired) electrons. The summed E-state index contributed by atoms with van der Waals surface area (Å²) in [7, 11) is 11.4. The molecule has 16 atom stereocenters. The molecule has 0 aromatic carbocycles. The quantitative estimate of drug-likeness (QED) is 0.0792. The molecule has 4 saturated heterocycles. The van der Waals surface area contributed by atoms with Crippen molar-refractivity contribution in [3.63, 3.8) is 0 Å². The van der Waals surface area contributed by atoms with Crippen molar-refractivity contribution in [1.29, 1.82) is 0 Å². The lowest BCUT2D eigenvalue weighted by Crippen LogP contribution is -2.28. The second-order valence-corrected chi connectivity index (χ2v) is 38.1. The van der Waals surface area contributed by atoms with Gasteiger partial charge in [0.05, 0.1) is 58.9 Å². The summed E-state index contributed by atoms with van der Waals surface area (Å²) < 4.78 is 35.5. The van der Waals surface area contributed by atoms with Crippen LogP contribution in [-0.2, 0) is 18.9 Å². The minimum absolute atomic E-state index is 0. The Morgan fingerprint density at radius 1 is 0.509 bits per heavy atom. The summed E-state index contributed by atoms with van der Waals surface area (Å²) in [5, 5.41) is 39.0. The summed E-state index contributed by atoms with van der Waals surface area (Å²) in [6, 6.07) is -0.609. The molecule has 8 nitrogen and oxygen atoms in total. The highest BCUT2D eigenvalue weighted by molar-refractivity contribution is 14.1. The number of aliphatic hydroxyl groups excluding tert-OH is 4. The molecular weight excluding hydrogens is 912 g/mol. The summed E-state index contributed by atoms with van der Waals surface area (Å²) in [4.78, 5) is 0. The van der Waals surface area contributed by atoms with E-state index in [1.54, 1.807) is 6.92 Å². The molecule has 0 saturated carbocycles. The van der Waals surface area contributed by atoms with Crippen LogP contribution in [0.3, 0.4) is 0 Å². The van der Waals surface area contributed by atoms with Gasteiger partial charge in [-0.2, -0.15) is 0 Å². The van der Waals surface area contributed by atoms with Crippen molar-refractivity contribution < 1.29 is 43.8 Å². The van der Waals surface area contributed by atoms with Crippen LogP contribution in [0.1, 0.15) is 60.8 Å². The lowest BCUT2D eigenvalue weighted by Gasteiger charge is -2.19. The third kappa shape index (κ3) is 22.2. The van der Waals surface area contributed by atoms with Crippen LogP contribution >= 0.6 is 50.1 Å². The number of aliphatic hydroxyl groups is 4. The zero-order chi connectivity index (χ0) is 43.7. The Morgan fingerprint density at radius 2 is 0.772 bits per heavy atom. The maximum absolute atomic E-state index is 13.2. The molecule has 57 heavy (non-hydrogen) atoms. The van der Waals surface area contributed by atoms with Crippen LogP contribution in [0.15, 0.2) is 0 Å². The fraction of sp³-hybridized carbons (Fsp3) is 0.902. The lowest BCUT2D eigenvalue weighted by molar-refractivity contribution is 0.0150. The Labute approximate surface area is 366 Å². The van der Waals surface area contributed by atoms with Gasteiger partial charge in [-0.3, -0.25) is 0 Å². The number of alkyl halides is 2. The molecule has 4 unspecified atom stereocenters. The first kappa shape index (κ1) is 58.7. The van der Waals surface area contributed by atoms with E-state index in [0.29, 0.717) is 0 Å². The van der Waals surface area contributed by atoms with E-state index in [1.165, 1.54) is 0 Å². The lowest BCUT2D eigenvalue weighted by atomic mass is 9.86. The summed E-state index contributed by atoms with van der Waals surface area (Å²) in [6.45, 7) is 20.9. The molecule has 336 valence electrons. The third-order valence-electron chi connectivity index (χ3n) is 10.7. The zero-order valence-corrected chi connectivity index (χ0v) is 42.6. The van der Waals surface area contributed by atoms with Gasteiger partial charge in [0.2, 0.25) is 0 Å². The van der Waals surface area contributed by atoms with E-state index in [2.05, 4.69) is 101 Å². The molecule has 0 aromatic heterocycles. The van der Waals surface area contributed by atoms with Gasteiger partial charge in [-0.15, -0.1) is 52.7 Å². The van der Waals surface area contributed by atoms with Crippen LogP contribution in [0.2, 0.25) is 0 Å². The Hall–Kier alpha value is 1.67. The van der Waals surface area contributed by atoms with Crippen LogP contribution in [0.5, 0.6) is 0 Å². The molecule has 0 amide bonds. The second-order valence-electron chi connectivity index (χ2n) is 19.4. The van der Waals surface area contributed by atoms with Crippen LogP contribution in [0.4, 0.5) is 4.39 Å². The van der Waals surface area contributed by atoms with Gasteiger partial charge in [0.25, 0.3) is 0 Å². The predicted molar refractivity (Wildman–Crippen MR) is 271 cm³/mol. The highest BCUT2D eigenvalue weighted by atomic mass is 127. The van der Waals surface area contributed by atoms with Gasteiger partial charge in [0.15, 0.2) is 6.17 Å². The summed E-state index contributed by atoms with van der Waals surface area (Å²) in [6.07, 6.45) is 20.0. The fourth-order valence-electron chi connectivity index (χ4n) is 6.57. The number of rotatable bonds is 12. The average Bonchev–Trinajstić information content (AvgIpc) is 3.66. The van der Waals surface area contributed by atoms with Gasteiger partial charge in [0, 0.05) is 23.8 Å². The maximum Gasteiger partial charge on any atom is 0.154 e. The molecule has 4 heterocycles. The van der Waals surface area contributed by atoms with E-state index in [1.807, 2.05) is 20.8 Å². The summed E-state index contributed by atoms with van der Waals surface area (Å²) in [5.41, 5.74) is 0. The fourth-order valence-corrected chi connectivity index (χ4v) is 11.0. The van der Waals surface area contributed by atoms with Crippen molar-refractivity contribution in [2.45, 2.75) is 144 Å². The van der Waals surface area contributed by atoms with Crippen molar-refractivity contribution >= 4 is 91.0 Å². The molecule has 4 aliphatic heterocycles. The number of halogens is 2. The predicted octanol–water partition coefficient (Wildman–Crippen LogP) is 6.20. The van der Waals surface area contributed by atoms with Crippen molar-refractivity contribution in [3.8, 4) is 0 Å². The molecular formula is C41H84B2FIO8P4. The first-order valence-corrected chi connectivity index (χ1v) is 33.5. The highest BCUT2D eigenvalue weighted by Crippen LogP contribution is 2.41. The maximum atomic E-state index is 13.2. The molecule has 4 rings (SSSR count). The highest BCUT2D eigenvalue weighted by Gasteiger charge is 2.42.